The molecule has 0 fully saturated rings. The minimum atomic E-state index is -0.819. The molecule has 0 aromatic rings. The Morgan fingerprint density at radius 1 is 0.929 bits per heavy atom. The first kappa shape index (κ1) is 26.3. The Bertz CT molecular complexity index is 475. The van der Waals surface area contributed by atoms with E-state index in [1.165, 1.54) is 19.3 Å². The molecule has 0 heterocycles. The second-order valence-corrected chi connectivity index (χ2v) is 6.66. The van der Waals surface area contributed by atoms with Crippen molar-refractivity contribution in [2.75, 3.05) is 13.2 Å². The standard InChI is InChI=1S/C23H38O5/c1-2-3-4-5-7-10-13-16-21(26)17-14-11-8-6-9-12-15-18-23(27)28-22(19-24)20-25/h6-7,9-11,13-14,16,21-22,24-26H,2-5,8,12,15,17-20H2,1H3. The lowest BCUT2D eigenvalue weighted by Crippen LogP contribution is -2.25. The quantitative estimate of drug-likeness (QED) is 0.150. The third-order valence-electron chi connectivity index (χ3n) is 3.99. The van der Waals surface area contributed by atoms with Gasteiger partial charge in [0.05, 0.1) is 19.3 Å². The van der Waals surface area contributed by atoms with Crippen molar-refractivity contribution in [1.82, 2.24) is 0 Å². The fraction of sp³-hybridized carbons (Fsp3) is 0.609. The molecule has 0 radical (unpaired) electrons. The van der Waals surface area contributed by atoms with Gasteiger partial charge in [0.25, 0.3) is 0 Å². The molecule has 0 saturated heterocycles. The van der Waals surface area contributed by atoms with Gasteiger partial charge in [-0.3, -0.25) is 4.79 Å². The molecule has 160 valence electrons. The van der Waals surface area contributed by atoms with E-state index in [0.29, 0.717) is 12.8 Å². The van der Waals surface area contributed by atoms with E-state index in [-0.39, 0.29) is 19.6 Å². The summed E-state index contributed by atoms with van der Waals surface area (Å²) in [7, 11) is 0. The van der Waals surface area contributed by atoms with Crippen LogP contribution in [-0.2, 0) is 9.53 Å². The molecule has 1 unspecified atom stereocenters. The van der Waals surface area contributed by atoms with E-state index in [2.05, 4.69) is 13.0 Å². The molecule has 0 aliphatic rings. The van der Waals surface area contributed by atoms with Gasteiger partial charge in [0.15, 0.2) is 0 Å². The minimum Gasteiger partial charge on any atom is -0.457 e. The number of allylic oxidation sites excluding steroid dienone is 6. The van der Waals surface area contributed by atoms with Crippen molar-refractivity contribution in [3.63, 3.8) is 0 Å². The van der Waals surface area contributed by atoms with Crippen LogP contribution in [-0.4, -0.2) is 46.7 Å². The zero-order chi connectivity index (χ0) is 20.9. The van der Waals surface area contributed by atoms with Crippen molar-refractivity contribution >= 4 is 5.97 Å². The largest absolute Gasteiger partial charge is 0.457 e. The summed E-state index contributed by atoms with van der Waals surface area (Å²) < 4.78 is 4.88. The number of carbonyl (C=O) groups excluding carboxylic acids is 1. The van der Waals surface area contributed by atoms with E-state index in [0.717, 1.165) is 19.3 Å². The molecule has 28 heavy (non-hydrogen) atoms. The normalized spacial score (nSPS) is 13.6. The highest BCUT2D eigenvalue weighted by atomic mass is 16.6. The van der Waals surface area contributed by atoms with Crippen molar-refractivity contribution in [2.24, 2.45) is 0 Å². The van der Waals surface area contributed by atoms with Gasteiger partial charge in [0.1, 0.15) is 6.10 Å². The summed E-state index contributed by atoms with van der Waals surface area (Å²) >= 11 is 0. The van der Waals surface area contributed by atoms with E-state index in [1.54, 1.807) is 6.08 Å². The van der Waals surface area contributed by atoms with E-state index < -0.39 is 18.2 Å². The predicted octanol–water partition coefficient (Wildman–Crippen LogP) is 4.00. The van der Waals surface area contributed by atoms with E-state index >= 15 is 0 Å². The van der Waals surface area contributed by atoms with E-state index in [9.17, 15) is 9.90 Å². The zero-order valence-corrected chi connectivity index (χ0v) is 17.2. The summed E-state index contributed by atoms with van der Waals surface area (Å²) in [6.07, 6.45) is 22.4. The Morgan fingerprint density at radius 2 is 1.64 bits per heavy atom. The molecule has 0 saturated carbocycles. The van der Waals surface area contributed by atoms with Gasteiger partial charge < -0.3 is 20.1 Å². The summed E-state index contributed by atoms with van der Waals surface area (Å²) in [4.78, 5) is 11.4. The van der Waals surface area contributed by atoms with Gasteiger partial charge in [-0.1, -0.05) is 68.4 Å². The Balaban J connectivity index is 3.70. The van der Waals surface area contributed by atoms with Crippen LogP contribution in [0.1, 0.15) is 64.7 Å². The molecule has 0 aromatic carbocycles. The van der Waals surface area contributed by atoms with Crippen molar-refractivity contribution in [1.29, 1.82) is 0 Å². The third kappa shape index (κ3) is 17.7. The predicted molar refractivity (Wildman–Crippen MR) is 114 cm³/mol. The number of ether oxygens (including phenoxy) is 1. The van der Waals surface area contributed by atoms with Gasteiger partial charge in [-0.05, 0) is 38.5 Å². The Morgan fingerprint density at radius 3 is 2.36 bits per heavy atom. The second-order valence-electron chi connectivity index (χ2n) is 6.66. The lowest BCUT2D eigenvalue weighted by Gasteiger charge is -2.11. The topological polar surface area (TPSA) is 87.0 Å². The number of aliphatic hydroxyl groups is 3. The van der Waals surface area contributed by atoms with Crippen LogP contribution in [0.15, 0.2) is 48.6 Å². The first-order chi connectivity index (χ1) is 13.6. The molecule has 0 rings (SSSR count). The molecule has 0 aromatic heterocycles. The summed E-state index contributed by atoms with van der Waals surface area (Å²) in [5.74, 6) is -0.403. The van der Waals surface area contributed by atoms with Crippen LogP contribution in [0.3, 0.4) is 0 Å². The number of carbonyl (C=O) groups is 1. The molecule has 5 heteroatoms. The number of unbranched alkanes of at least 4 members (excludes halogenated alkanes) is 4. The fourth-order valence-corrected chi connectivity index (χ4v) is 2.32. The van der Waals surface area contributed by atoms with Crippen LogP contribution in [0.5, 0.6) is 0 Å². The summed E-state index contributed by atoms with van der Waals surface area (Å²) in [6, 6.07) is 0. The molecule has 0 bridgehead atoms. The molecule has 1 atom stereocenters. The first-order valence-corrected chi connectivity index (χ1v) is 10.4. The lowest BCUT2D eigenvalue weighted by molar-refractivity contribution is -0.153. The number of hydrogen-bond acceptors (Lipinski definition) is 5. The maximum Gasteiger partial charge on any atom is 0.306 e. The molecular formula is C23H38O5. The Kier molecular flexibility index (Phi) is 18.8. The van der Waals surface area contributed by atoms with Crippen LogP contribution >= 0.6 is 0 Å². The molecule has 0 aliphatic heterocycles. The van der Waals surface area contributed by atoms with Crippen LogP contribution < -0.4 is 0 Å². The van der Waals surface area contributed by atoms with Gasteiger partial charge in [-0.25, -0.2) is 0 Å². The van der Waals surface area contributed by atoms with Gasteiger partial charge in [0.2, 0.25) is 0 Å². The maximum absolute atomic E-state index is 11.4. The average Bonchev–Trinajstić information content (AvgIpc) is 2.70. The van der Waals surface area contributed by atoms with Crippen LogP contribution in [0.2, 0.25) is 0 Å². The highest BCUT2D eigenvalue weighted by Gasteiger charge is 2.11. The molecule has 3 N–H and O–H groups in total. The van der Waals surface area contributed by atoms with Crippen molar-refractivity contribution < 1.29 is 24.9 Å². The lowest BCUT2D eigenvalue weighted by atomic mass is 10.2. The van der Waals surface area contributed by atoms with Gasteiger partial charge in [-0.15, -0.1) is 0 Å². The summed E-state index contributed by atoms with van der Waals surface area (Å²) in [5.41, 5.74) is 0. The SMILES string of the molecule is CCCCCC=CC=CC(O)CC=CCC=CCCCC(=O)OC(CO)CO. The van der Waals surface area contributed by atoms with Crippen molar-refractivity contribution in [3.8, 4) is 0 Å². The second kappa shape index (κ2) is 20.1. The van der Waals surface area contributed by atoms with Crippen LogP contribution in [0.25, 0.3) is 0 Å². The van der Waals surface area contributed by atoms with Crippen LogP contribution in [0.4, 0.5) is 0 Å². The first-order valence-electron chi connectivity index (χ1n) is 10.4. The molecule has 0 aliphatic carbocycles. The number of esters is 1. The smallest absolute Gasteiger partial charge is 0.306 e. The maximum atomic E-state index is 11.4. The fourth-order valence-electron chi connectivity index (χ4n) is 2.32. The van der Waals surface area contributed by atoms with E-state index in [1.807, 2.05) is 36.5 Å². The highest BCUT2D eigenvalue weighted by molar-refractivity contribution is 5.69. The van der Waals surface area contributed by atoms with E-state index in [4.69, 9.17) is 14.9 Å². The average molecular weight is 395 g/mol. The number of hydrogen-bond donors (Lipinski definition) is 3. The number of aliphatic hydroxyl groups excluding tert-OH is 3. The minimum absolute atomic E-state index is 0.266. The van der Waals surface area contributed by atoms with Gasteiger partial charge in [-0.2, -0.15) is 0 Å². The number of rotatable bonds is 17. The molecular weight excluding hydrogens is 356 g/mol. The zero-order valence-electron chi connectivity index (χ0n) is 17.2. The summed E-state index contributed by atoms with van der Waals surface area (Å²) in [6.45, 7) is 1.46. The summed E-state index contributed by atoms with van der Waals surface area (Å²) in [5, 5.41) is 27.5. The monoisotopic (exact) mass is 394 g/mol. The molecule has 5 nitrogen and oxygen atoms in total. The Labute approximate surface area is 170 Å². The van der Waals surface area contributed by atoms with Gasteiger partial charge in [0, 0.05) is 6.42 Å². The van der Waals surface area contributed by atoms with Crippen molar-refractivity contribution in [3.05, 3.63) is 48.6 Å². The molecule has 0 amide bonds. The highest BCUT2D eigenvalue weighted by Crippen LogP contribution is 2.03. The van der Waals surface area contributed by atoms with Crippen LogP contribution in [0, 0.1) is 0 Å². The Hall–Kier alpha value is -1.69. The van der Waals surface area contributed by atoms with Crippen molar-refractivity contribution in [2.45, 2.75) is 76.9 Å². The van der Waals surface area contributed by atoms with Gasteiger partial charge >= 0.3 is 5.97 Å². The third-order valence-corrected chi connectivity index (χ3v) is 3.99. The molecule has 0 spiro atoms.